The standard InChI is InChI=1S/C17H21NO3/c19-17(14-8-12-1-3-13(14)7-12)18-6-5-11-2-4-15-16(9-11)21-10-20-15/h2,4,9,12-14H,1,3,5-8,10H2,(H,18,19)/t12-,13-,14-/m0/s1. The van der Waals surface area contributed by atoms with E-state index in [-0.39, 0.29) is 11.8 Å². The molecule has 1 aromatic rings. The summed E-state index contributed by atoms with van der Waals surface area (Å²) in [6.07, 6.45) is 5.82. The molecule has 3 atom stereocenters. The number of benzene rings is 1. The summed E-state index contributed by atoms with van der Waals surface area (Å²) in [5.41, 5.74) is 1.17. The Hall–Kier alpha value is -1.71. The van der Waals surface area contributed by atoms with Gasteiger partial charge in [0, 0.05) is 12.5 Å². The van der Waals surface area contributed by atoms with Crippen molar-refractivity contribution in [2.24, 2.45) is 17.8 Å². The van der Waals surface area contributed by atoms with E-state index in [0.717, 1.165) is 30.3 Å². The van der Waals surface area contributed by atoms with Crippen LogP contribution in [0.4, 0.5) is 0 Å². The van der Waals surface area contributed by atoms with Crippen molar-refractivity contribution in [1.29, 1.82) is 0 Å². The maximum Gasteiger partial charge on any atom is 0.231 e. The zero-order valence-electron chi connectivity index (χ0n) is 12.1. The van der Waals surface area contributed by atoms with Crippen molar-refractivity contribution in [2.45, 2.75) is 32.1 Å². The third kappa shape index (κ3) is 2.47. The zero-order chi connectivity index (χ0) is 14.2. The molecule has 4 rings (SSSR count). The SMILES string of the molecule is O=C(NCCc1ccc2c(c1)OCO2)[C@H]1C[C@H]2CC[C@H]1C2. The smallest absolute Gasteiger partial charge is 0.231 e. The summed E-state index contributed by atoms with van der Waals surface area (Å²) in [7, 11) is 0. The van der Waals surface area contributed by atoms with E-state index in [1.807, 2.05) is 18.2 Å². The molecule has 1 aromatic carbocycles. The van der Waals surface area contributed by atoms with E-state index in [9.17, 15) is 4.79 Å². The number of ether oxygens (including phenoxy) is 2. The van der Waals surface area contributed by atoms with Crippen LogP contribution in [0.5, 0.6) is 11.5 Å². The second-order valence-corrected chi connectivity index (χ2v) is 6.51. The molecule has 0 unspecified atom stereocenters. The average molecular weight is 287 g/mol. The summed E-state index contributed by atoms with van der Waals surface area (Å²) < 4.78 is 10.7. The molecule has 112 valence electrons. The number of fused-ring (bicyclic) bond motifs is 3. The first kappa shape index (κ1) is 13.0. The van der Waals surface area contributed by atoms with Gasteiger partial charge in [-0.1, -0.05) is 12.5 Å². The molecule has 2 fully saturated rings. The van der Waals surface area contributed by atoms with E-state index in [4.69, 9.17) is 9.47 Å². The predicted octanol–water partition coefficient (Wildman–Crippen LogP) is 2.51. The molecule has 1 aliphatic heterocycles. The molecule has 2 saturated carbocycles. The van der Waals surface area contributed by atoms with Gasteiger partial charge < -0.3 is 14.8 Å². The van der Waals surface area contributed by atoms with Crippen LogP contribution in [0.15, 0.2) is 18.2 Å². The summed E-state index contributed by atoms with van der Waals surface area (Å²) in [6.45, 7) is 1.01. The average Bonchev–Trinajstić information content (AvgIpc) is 3.22. The molecule has 21 heavy (non-hydrogen) atoms. The molecule has 4 heteroatoms. The molecule has 0 saturated heterocycles. The van der Waals surface area contributed by atoms with Crippen LogP contribution < -0.4 is 14.8 Å². The molecule has 2 aliphatic carbocycles. The van der Waals surface area contributed by atoms with Gasteiger partial charge in [0.15, 0.2) is 11.5 Å². The highest BCUT2D eigenvalue weighted by atomic mass is 16.7. The number of rotatable bonds is 4. The number of carbonyl (C=O) groups is 1. The van der Waals surface area contributed by atoms with Crippen LogP contribution in [0, 0.1) is 17.8 Å². The van der Waals surface area contributed by atoms with Gasteiger partial charge in [-0.3, -0.25) is 4.79 Å². The van der Waals surface area contributed by atoms with Gasteiger partial charge >= 0.3 is 0 Å². The van der Waals surface area contributed by atoms with Crippen LogP contribution in [0.3, 0.4) is 0 Å². The van der Waals surface area contributed by atoms with Crippen molar-refractivity contribution < 1.29 is 14.3 Å². The minimum atomic E-state index is 0.267. The minimum Gasteiger partial charge on any atom is -0.454 e. The molecular formula is C17H21NO3. The summed E-state index contributed by atoms with van der Waals surface area (Å²) in [4.78, 5) is 12.3. The Kier molecular flexibility index (Phi) is 3.24. The van der Waals surface area contributed by atoms with Crippen molar-refractivity contribution in [1.82, 2.24) is 5.32 Å². The first-order chi connectivity index (χ1) is 10.3. The Morgan fingerprint density at radius 2 is 2.10 bits per heavy atom. The van der Waals surface area contributed by atoms with E-state index in [2.05, 4.69) is 5.32 Å². The fraction of sp³-hybridized carbons (Fsp3) is 0.588. The third-order valence-corrected chi connectivity index (χ3v) is 5.22. The van der Waals surface area contributed by atoms with Crippen LogP contribution in [0.1, 0.15) is 31.2 Å². The van der Waals surface area contributed by atoms with Gasteiger partial charge in [0.25, 0.3) is 0 Å². The molecule has 1 heterocycles. The second kappa shape index (κ2) is 5.24. The molecule has 1 N–H and O–H groups in total. The highest BCUT2D eigenvalue weighted by Gasteiger charge is 2.42. The van der Waals surface area contributed by atoms with Crippen LogP contribution in [-0.4, -0.2) is 19.2 Å². The quantitative estimate of drug-likeness (QED) is 0.925. The lowest BCUT2D eigenvalue weighted by atomic mass is 9.88. The van der Waals surface area contributed by atoms with Crippen molar-refractivity contribution in [3.05, 3.63) is 23.8 Å². The molecule has 2 bridgehead atoms. The van der Waals surface area contributed by atoms with Crippen LogP contribution in [0.2, 0.25) is 0 Å². The second-order valence-electron chi connectivity index (χ2n) is 6.51. The van der Waals surface area contributed by atoms with E-state index in [1.54, 1.807) is 0 Å². The number of nitrogens with one attached hydrogen (secondary N) is 1. The molecule has 4 nitrogen and oxygen atoms in total. The van der Waals surface area contributed by atoms with Crippen molar-refractivity contribution in [3.8, 4) is 11.5 Å². The van der Waals surface area contributed by atoms with Crippen molar-refractivity contribution >= 4 is 5.91 Å². The topological polar surface area (TPSA) is 47.6 Å². The van der Waals surface area contributed by atoms with Crippen LogP contribution >= 0.6 is 0 Å². The van der Waals surface area contributed by atoms with Crippen LogP contribution in [0.25, 0.3) is 0 Å². The zero-order valence-corrected chi connectivity index (χ0v) is 12.1. The summed E-state index contributed by atoms with van der Waals surface area (Å²) in [6, 6.07) is 5.98. The first-order valence-corrected chi connectivity index (χ1v) is 7.96. The number of hydrogen-bond acceptors (Lipinski definition) is 3. The van der Waals surface area contributed by atoms with E-state index < -0.39 is 0 Å². The van der Waals surface area contributed by atoms with Crippen LogP contribution in [-0.2, 0) is 11.2 Å². The van der Waals surface area contributed by atoms with E-state index in [0.29, 0.717) is 19.3 Å². The predicted molar refractivity (Wildman–Crippen MR) is 78.2 cm³/mol. The highest BCUT2D eigenvalue weighted by molar-refractivity contribution is 5.79. The van der Waals surface area contributed by atoms with Crippen molar-refractivity contribution in [3.63, 3.8) is 0 Å². The fourth-order valence-corrected chi connectivity index (χ4v) is 4.12. The fourth-order valence-electron chi connectivity index (χ4n) is 4.12. The lowest BCUT2D eigenvalue weighted by molar-refractivity contribution is -0.126. The largest absolute Gasteiger partial charge is 0.454 e. The van der Waals surface area contributed by atoms with Gasteiger partial charge in [-0.05, 0) is 55.2 Å². The molecule has 1 amide bonds. The molecule has 0 radical (unpaired) electrons. The van der Waals surface area contributed by atoms with E-state index in [1.165, 1.54) is 24.8 Å². The van der Waals surface area contributed by atoms with Gasteiger partial charge in [0.2, 0.25) is 12.7 Å². The minimum absolute atomic E-state index is 0.267. The van der Waals surface area contributed by atoms with Gasteiger partial charge in [-0.15, -0.1) is 0 Å². The lowest BCUT2D eigenvalue weighted by Crippen LogP contribution is -2.34. The lowest BCUT2D eigenvalue weighted by Gasteiger charge is -2.20. The van der Waals surface area contributed by atoms with Gasteiger partial charge in [-0.2, -0.15) is 0 Å². The summed E-state index contributed by atoms with van der Waals surface area (Å²) in [5, 5.41) is 3.11. The highest BCUT2D eigenvalue weighted by Crippen LogP contribution is 2.48. The summed E-state index contributed by atoms with van der Waals surface area (Å²) >= 11 is 0. The first-order valence-electron chi connectivity index (χ1n) is 7.96. The van der Waals surface area contributed by atoms with Crippen molar-refractivity contribution in [2.75, 3.05) is 13.3 Å². The number of carbonyl (C=O) groups excluding carboxylic acids is 1. The number of hydrogen-bond donors (Lipinski definition) is 1. The molecular weight excluding hydrogens is 266 g/mol. The van der Waals surface area contributed by atoms with E-state index >= 15 is 0 Å². The Morgan fingerprint density at radius 3 is 2.90 bits per heavy atom. The molecule has 3 aliphatic rings. The Bertz CT molecular complexity index is 557. The van der Waals surface area contributed by atoms with Gasteiger partial charge in [0.1, 0.15) is 0 Å². The normalized spacial score (nSPS) is 28.9. The monoisotopic (exact) mass is 287 g/mol. The Balaban J connectivity index is 1.28. The third-order valence-electron chi connectivity index (χ3n) is 5.22. The maximum absolute atomic E-state index is 12.3. The Morgan fingerprint density at radius 1 is 1.19 bits per heavy atom. The van der Waals surface area contributed by atoms with Gasteiger partial charge in [0.05, 0.1) is 0 Å². The Labute approximate surface area is 124 Å². The molecule has 0 spiro atoms. The molecule has 0 aromatic heterocycles. The number of amides is 1. The summed E-state index contributed by atoms with van der Waals surface area (Å²) in [5.74, 6) is 3.64. The van der Waals surface area contributed by atoms with Gasteiger partial charge in [-0.25, -0.2) is 0 Å². The maximum atomic E-state index is 12.3.